The van der Waals surface area contributed by atoms with E-state index >= 15 is 0 Å². The van der Waals surface area contributed by atoms with Crippen molar-refractivity contribution in [3.63, 3.8) is 0 Å². The first kappa shape index (κ1) is 78.3. The lowest BCUT2D eigenvalue weighted by molar-refractivity contribution is -0.167. The van der Waals surface area contributed by atoms with Crippen LogP contribution >= 0.6 is 0 Å². The van der Waals surface area contributed by atoms with Crippen molar-refractivity contribution in [1.82, 2.24) is 0 Å². The normalized spacial score (nSPS) is 12.7. The Kier molecular flexibility index (Phi) is 66.7. The van der Waals surface area contributed by atoms with Crippen LogP contribution in [0.3, 0.4) is 0 Å². The zero-order valence-corrected chi connectivity index (χ0v) is 54.2. The Morgan fingerprint density at radius 1 is 0.256 bits per heavy atom. The van der Waals surface area contributed by atoms with Gasteiger partial charge in [0.25, 0.3) is 0 Å². The Morgan fingerprint density at radius 3 is 0.756 bits per heavy atom. The molecule has 0 aliphatic rings. The molecule has 0 N–H and O–H groups in total. The maximum atomic E-state index is 12.9. The van der Waals surface area contributed by atoms with Gasteiger partial charge in [0.2, 0.25) is 0 Å². The molecule has 0 fully saturated rings. The van der Waals surface area contributed by atoms with Crippen LogP contribution < -0.4 is 0 Å². The van der Waals surface area contributed by atoms with Gasteiger partial charge in [0.1, 0.15) is 13.2 Å². The molecule has 0 saturated heterocycles. The number of rotatable bonds is 64. The molecule has 0 aliphatic carbocycles. The molecule has 0 rings (SSSR count). The number of hydrogen-bond acceptors (Lipinski definition) is 6. The topological polar surface area (TPSA) is 78.9 Å². The van der Waals surface area contributed by atoms with E-state index in [9.17, 15) is 14.4 Å². The van der Waals surface area contributed by atoms with E-state index < -0.39 is 6.10 Å². The average molecular weight is 1140 g/mol. The van der Waals surface area contributed by atoms with Gasteiger partial charge in [-0.1, -0.05) is 323 Å². The van der Waals surface area contributed by atoms with Gasteiger partial charge in [-0.25, -0.2) is 0 Å². The van der Waals surface area contributed by atoms with E-state index in [1.165, 1.54) is 199 Å². The van der Waals surface area contributed by atoms with Crippen molar-refractivity contribution < 1.29 is 28.6 Å². The maximum Gasteiger partial charge on any atom is 0.306 e. The highest BCUT2D eigenvalue weighted by atomic mass is 16.6. The van der Waals surface area contributed by atoms with E-state index in [1.54, 1.807) is 0 Å². The molecular formula is C76H132O6. The monoisotopic (exact) mass is 1140 g/mol. The third-order valence-electron chi connectivity index (χ3n) is 15.3. The molecule has 0 aliphatic heterocycles. The molecule has 0 spiro atoms. The lowest BCUT2D eigenvalue weighted by atomic mass is 10.0. The van der Waals surface area contributed by atoms with Crippen LogP contribution in [-0.2, 0) is 28.6 Å². The molecule has 0 aromatic rings. The van der Waals surface area contributed by atoms with Crippen LogP contribution in [0, 0.1) is 0 Å². The van der Waals surface area contributed by atoms with Crippen molar-refractivity contribution in [3.05, 3.63) is 97.2 Å². The van der Waals surface area contributed by atoms with Gasteiger partial charge in [0, 0.05) is 19.3 Å². The van der Waals surface area contributed by atoms with E-state index in [-0.39, 0.29) is 31.1 Å². The highest BCUT2D eigenvalue weighted by molar-refractivity contribution is 5.71. The van der Waals surface area contributed by atoms with E-state index in [4.69, 9.17) is 14.2 Å². The number of carbonyl (C=O) groups is 3. The van der Waals surface area contributed by atoms with Gasteiger partial charge < -0.3 is 14.2 Å². The second-order valence-corrected chi connectivity index (χ2v) is 23.4. The Morgan fingerprint density at radius 2 is 0.476 bits per heavy atom. The lowest BCUT2D eigenvalue weighted by Crippen LogP contribution is -2.30. The lowest BCUT2D eigenvalue weighted by Gasteiger charge is -2.18. The van der Waals surface area contributed by atoms with Crippen LogP contribution in [0.25, 0.3) is 0 Å². The zero-order valence-electron chi connectivity index (χ0n) is 54.2. The summed E-state index contributed by atoms with van der Waals surface area (Å²) in [6.45, 7) is 6.53. The van der Waals surface area contributed by atoms with Gasteiger partial charge in [-0.2, -0.15) is 0 Å². The smallest absolute Gasteiger partial charge is 0.306 e. The van der Waals surface area contributed by atoms with Gasteiger partial charge >= 0.3 is 17.9 Å². The predicted molar refractivity (Wildman–Crippen MR) is 357 cm³/mol. The van der Waals surface area contributed by atoms with Gasteiger partial charge in [-0.05, 0) is 103 Å². The summed E-state index contributed by atoms with van der Waals surface area (Å²) in [5.74, 6) is -0.872. The molecule has 0 radical (unpaired) electrons. The van der Waals surface area contributed by atoms with Crippen molar-refractivity contribution in [1.29, 1.82) is 0 Å². The van der Waals surface area contributed by atoms with E-state index in [0.29, 0.717) is 19.3 Å². The number of hydrogen-bond donors (Lipinski definition) is 0. The predicted octanol–water partition coefficient (Wildman–Crippen LogP) is 24.4. The first-order valence-electron chi connectivity index (χ1n) is 35.2. The van der Waals surface area contributed by atoms with Crippen LogP contribution in [0.15, 0.2) is 97.2 Å². The standard InChI is InChI=1S/C76H132O6/c1-4-7-10-13-16-19-21-23-25-27-29-31-33-35-36-37-38-39-40-42-43-45-47-49-51-53-55-57-60-63-66-69-75(78)81-72-73(71-80-74(77)68-65-62-59-18-15-12-9-6-3)82-76(79)70-67-64-61-58-56-54-52-50-48-46-44-41-34-32-30-28-26-24-22-20-17-14-11-8-5-2/h7,10,16,19,23,25,28-31,35-36,38-39,42-43,73H,4-6,8-9,11-15,17-18,20-22,24,26-27,32-34,37,40-41,44-72H2,1-3H3/b10-7-,19-16-,25-23-,30-28-,31-29-,36-35-,39-38-,43-42-. The summed E-state index contributed by atoms with van der Waals surface area (Å²) in [6.07, 6.45) is 94.5. The molecule has 6 nitrogen and oxygen atoms in total. The minimum atomic E-state index is -0.778. The number of unbranched alkanes of at least 4 members (excludes halogenated alkanes) is 37. The summed E-state index contributed by atoms with van der Waals surface area (Å²) in [7, 11) is 0. The molecule has 0 saturated carbocycles. The summed E-state index contributed by atoms with van der Waals surface area (Å²) in [5, 5.41) is 0. The number of allylic oxidation sites excluding steroid dienone is 16. The van der Waals surface area contributed by atoms with Crippen molar-refractivity contribution in [2.45, 2.75) is 354 Å². The van der Waals surface area contributed by atoms with E-state index in [1.807, 2.05) is 0 Å². The van der Waals surface area contributed by atoms with Crippen molar-refractivity contribution in [2.24, 2.45) is 0 Å². The third-order valence-corrected chi connectivity index (χ3v) is 15.3. The quantitative estimate of drug-likeness (QED) is 0.0261. The van der Waals surface area contributed by atoms with E-state index in [0.717, 1.165) is 109 Å². The van der Waals surface area contributed by atoms with Crippen LogP contribution in [0.2, 0.25) is 0 Å². The summed E-state index contributed by atoms with van der Waals surface area (Å²) >= 11 is 0. The summed E-state index contributed by atoms with van der Waals surface area (Å²) in [6, 6.07) is 0. The van der Waals surface area contributed by atoms with Gasteiger partial charge in [0.05, 0.1) is 0 Å². The van der Waals surface area contributed by atoms with Crippen molar-refractivity contribution >= 4 is 17.9 Å². The Bertz CT molecular complexity index is 1590. The third kappa shape index (κ3) is 67.1. The molecule has 82 heavy (non-hydrogen) atoms. The molecular weight excluding hydrogens is 1010 g/mol. The van der Waals surface area contributed by atoms with Crippen LogP contribution in [0.4, 0.5) is 0 Å². The SMILES string of the molecule is CC/C=C\C/C=C\C/C=C\C/C=C\C/C=C\C/C=C\C/C=C\CCCCCCCCCCCC(=O)OCC(COC(=O)CCCCCCCCCC)OC(=O)CCCCCCCCCCCCCCC/C=C\CCCCCCCCCC. The number of carbonyl (C=O) groups excluding carboxylic acids is 3. The molecule has 6 heteroatoms. The maximum absolute atomic E-state index is 12.9. The molecule has 0 aromatic carbocycles. The molecule has 1 unspecified atom stereocenters. The first-order chi connectivity index (χ1) is 40.5. The molecule has 0 bridgehead atoms. The van der Waals surface area contributed by atoms with Gasteiger partial charge in [-0.3, -0.25) is 14.4 Å². The highest BCUT2D eigenvalue weighted by Gasteiger charge is 2.19. The molecule has 0 aromatic heterocycles. The Balaban J connectivity index is 4.14. The average Bonchev–Trinajstić information content (AvgIpc) is 3.47. The van der Waals surface area contributed by atoms with Crippen molar-refractivity contribution in [3.8, 4) is 0 Å². The van der Waals surface area contributed by atoms with E-state index in [2.05, 4.69) is 118 Å². The Labute approximate surface area is 508 Å². The fourth-order valence-electron chi connectivity index (χ4n) is 10.1. The first-order valence-corrected chi connectivity index (χ1v) is 35.2. The number of esters is 3. The van der Waals surface area contributed by atoms with Gasteiger partial charge in [0.15, 0.2) is 6.10 Å². The van der Waals surface area contributed by atoms with Gasteiger partial charge in [-0.15, -0.1) is 0 Å². The molecule has 0 heterocycles. The largest absolute Gasteiger partial charge is 0.462 e. The second-order valence-electron chi connectivity index (χ2n) is 23.4. The fourth-order valence-corrected chi connectivity index (χ4v) is 10.1. The molecule has 472 valence electrons. The van der Waals surface area contributed by atoms with Crippen molar-refractivity contribution in [2.75, 3.05) is 13.2 Å². The summed E-state index contributed by atoms with van der Waals surface area (Å²) < 4.78 is 16.9. The highest BCUT2D eigenvalue weighted by Crippen LogP contribution is 2.17. The zero-order chi connectivity index (χ0) is 59.2. The summed E-state index contributed by atoms with van der Waals surface area (Å²) in [5.41, 5.74) is 0. The summed E-state index contributed by atoms with van der Waals surface area (Å²) in [4.78, 5) is 38.2. The molecule has 1 atom stereocenters. The van der Waals surface area contributed by atoms with Crippen LogP contribution in [0.1, 0.15) is 348 Å². The second kappa shape index (κ2) is 69.8. The molecule has 0 amide bonds. The number of ether oxygens (including phenoxy) is 3. The minimum Gasteiger partial charge on any atom is -0.462 e. The Hall–Kier alpha value is -3.67. The van der Waals surface area contributed by atoms with Crippen LogP contribution in [-0.4, -0.2) is 37.2 Å². The van der Waals surface area contributed by atoms with Crippen LogP contribution in [0.5, 0.6) is 0 Å². The minimum absolute atomic E-state index is 0.0757. The fraction of sp³-hybridized carbons (Fsp3) is 0.750.